The van der Waals surface area contributed by atoms with Crippen LogP contribution in [0.4, 0.5) is 0 Å². The number of amides is 2. The highest BCUT2D eigenvalue weighted by molar-refractivity contribution is 5.99. The van der Waals surface area contributed by atoms with E-state index < -0.39 is 0 Å². The monoisotopic (exact) mass is 409 g/mol. The molecule has 2 fully saturated rings. The quantitative estimate of drug-likeness (QED) is 0.623. The lowest BCUT2D eigenvalue weighted by molar-refractivity contribution is -0.128. The number of benzene rings is 1. The van der Waals surface area contributed by atoms with E-state index in [0.29, 0.717) is 37.5 Å². The molecule has 10 heteroatoms. The number of carbonyl (C=O) groups is 2. The molecule has 2 saturated heterocycles. The summed E-state index contributed by atoms with van der Waals surface area (Å²) in [5.41, 5.74) is 2.12. The van der Waals surface area contributed by atoms with Gasteiger partial charge < -0.3 is 14.5 Å². The van der Waals surface area contributed by atoms with Gasteiger partial charge in [-0.3, -0.25) is 9.59 Å². The maximum atomic E-state index is 12.9. The van der Waals surface area contributed by atoms with Crippen LogP contribution >= 0.6 is 0 Å². The maximum Gasteiger partial charge on any atom is 0.254 e. The first-order chi connectivity index (χ1) is 14.5. The molecule has 0 radical (unpaired) electrons. The number of methoxy groups -OCH3 is 1. The summed E-state index contributed by atoms with van der Waals surface area (Å²) in [5, 5.41) is 13.7. The van der Waals surface area contributed by atoms with Crippen LogP contribution in [0, 0.1) is 0 Å². The van der Waals surface area contributed by atoms with Crippen molar-refractivity contribution in [3.8, 4) is 5.88 Å². The molecular formula is C20H23N7O3. The van der Waals surface area contributed by atoms with E-state index >= 15 is 0 Å². The van der Waals surface area contributed by atoms with Crippen molar-refractivity contribution in [2.24, 2.45) is 7.05 Å². The second-order valence-electron chi connectivity index (χ2n) is 7.84. The molecule has 0 unspecified atom stereocenters. The number of ether oxygens (including phenoxy) is 1. The van der Waals surface area contributed by atoms with Gasteiger partial charge in [0.25, 0.3) is 5.91 Å². The van der Waals surface area contributed by atoms with Crippen LogP contribution in [0.15, 0.2) is 24.4 Å². The van der Waals surface area contributed by atoms with Gasteiger partial charge in [0, 0.05) is 38.7 Å². The molecule has 1 aromatic carbocycles. The van der Waals surface area contributed by atoms with Gasteiger partial charge in [0.15, 0.2) is 0 Å². The highest BCUT2D eigenvalue weighted by atomic mass is 16.5. The van der Waals surface area contributed by atoms with Gasteiger partial charge in [-0.2, -0.15) is 5.10 Å². The van der Waals surface area contributed by atoms with E-state index in [4.69, 9.17) is 4.74 Å². The van der Waals surface area contributed by atoms with Crippen LogP contribution in [0.5, 0.6) is 5.88 Å². The molecule has 0 aliphatic carbocycles. The van der Waals surface area contributed by atoms with Crippen molar-refractivity contribution in [1.29, 1.82) is 0 Å². The smallest absolute Gasteiger partial charge is 0.254 e. The number of fused-ring (bicyclic) bond motifs is 1. The molecule has 3 aromatic rings. The van der Waals surface area contributed by atoms with E-state index in [1.807, 2.05) is 30.3 Å². The molecule has 0 spiro atoms. The number of carbonyl (C=O) groups excluding carboxylic acids is 2. The Hall–Kier alpha value is -3.43. The number of nitrogens with zero attached hydrogens (tertiary/aromatic N) is 7. The van der Waals surface area contributed by atoms with Crippen molar-refractivity contribution in [1.82, 2.24) is 34.6 Å². The molecule has 0 saturated carbocycles. The molecule has 30 heavy (non-hydrogen) atoms. The molecule has 10 nitrogen and oxygen atoms in total. The highest BCUT2D eigenvalue weighted by Gasteiger charge is 2.34. The Kier molecular flexibility index (Phi) is 4.41. The molecular weight excluding hydrogens is 386 g/mol. The summed E-state index contributed by atoms with van der Waals surface area (Å²) in [6.07, 6.45) is 3.40. The zero-order chi connectivity index (χ0) is 20.8. The molecule has 2 aliphatic heterocycles. The van der Waals surface area contributed by atoms with Crippen molar-refractivity contribution in [3.63, 3.8) is 0 Å². The molecule has 156 valence electrons. The SMILES string of the molecule is COc1c2ccc(C(=O)N3CC(n4cc(CN5CCCC5=O)nn4)C3)cc2nn1C. The average molecular weight is 409 g/mol. The van der Waals surface area contributed by atoms with Crippen LogP contribution in [-0.4, -0.2) is 73.1 Å². The summed E-state index contributed by atoms with van der Waals surface area (Å²) in [6, 6.07) is 5.58. The number of aryl methyl sites for hydroxylation is 1. The number of hydrogen-bond acceptors (Lipinski definition) is 6. The minimum absolute atomic E-state index is 0.0271. The predicted molar refractivity (Wildman–Crippen MR) is 107 cm³/mol. The molecule has 0 N–H and O–H groups in total. The first kappa shape index (κ1) is 18.6. The van der Waals surface area contributed by atoms with E-state index in [9.17, 15) is 9.59 Å². The third-order valence-corrected chi connectivity index (χ3v) is 5.83. The van der Waals surface area contributed by atoms with E-state index in [1.54, 1.807) is 27.4 Å². The average Bonchev–Trinajstić information content (AvgIpc) is 3.39. The van der Waals surface area contributed by atoms with Gasteiger partial charge >= 0.3 is 0 Å². The molecule has 2 amide bonds. The molecule has 2 aliphatic rings. The zero-order valence-electron chi connectivity index (χ0n) is 17.0. The Labute approximate surface area is 173 Å². The summed E-state index contributed by atoms with van der Waals surface area (Å²) < 4.78 is 8.82. The van der Waals surface area contributed by atoms with Crippen molar-refractivity contribution in [3.05, 3.63) is 35.7 Å². The highest BCUT2D eigenvalue weighted by Crippen LogP contribution is 2.28. The number of rotatable bonds is 5. The summed E-state index contributed by atoms with van der Waals surface area (Å²) >= 11 is 0. The lowest BCUT2D eigenvalue weighted by atomic mass is 10.1. The predicted octanol–water partition coefficient (Wildman–Crippen LogP) is 0.993. The van der Waals surface area contributed by atoms with Gasteiger partial charge in [0.05, 0.1) is 36.8 Å². The summed E-state index contributed by atoms with van der Waals surface area (Å²) in [7, 11) is 3.42. The second kappa shape index (κ2) is 7.12. The van der Waals surface area contributed by atoms with Crippen molar-refractivity contribution in [2.45, 2.75) is 25.4 Å². The normalized spacial score (nSPS) is 17.1. The Bertz CT molecular complexity index is 1130. The van der Waals surface area contributed by atoms with Crippen LogP contribution in [0.2, 0.25) is 0 Å². The second-order valence-corrected chi connectivity index (χ2v) is 7.84. The van der Waals surface area contributed by atoms with Crippen LogP contribution in [-0.2, 0) is 18.4 Å². The van der Waals surface area contributed by atoms with E-state index in [-0.39, 0.29) is 17.9 Å². The van der Waals surface area contributed by atoms with Gasteiger partial charge in [0.1, 0.15) is 5.69 Å². The Morgan fingerprint density at radius 3 is 2.87 bits per heavy atom. The van der Waals surface area contributed by atoms with Crippen molar-refractivity contribution >= 4 is 22.7 Å². The fourth-order valence-corrected chi connectivity index (χ4v) is 4.15. The van der Waals surface area contributed by atoms with Crippen molar-refractivity contribution in [2.75, 3.05) is 26.7 Å². The van der Waals surface area contributed by atoms with Crippen LogP contribution < -0.4 is 4.74 Å². The van der Waals surface area contributed by atoms with Gasteiger partial charge in [-0.1, -0.05) is 5.21 Å². The van der Waals surface area contributed by atoms with Gasteiger partial charge in [-0.25, -0.2) is 9.36 Å². The van der Waals surface area contributed by atoms with Crippen LogP contribution in [0.3, 0.4) is 0 Å². The first-order valence-corrected chi connectivity index (χ1v) is 10.0. The molecule has 2 aromatic heterocycles. The zero-order valence-corrected chi connectivity index (χ0v) is 17.0. The summed E-state index contributed by atoms with van der Waals surface area (Å²) in [6.45, 7) is 2.44. The minimum atomic E-state index is -0.0271. The lowest BCUT2D eigenvalue weighted by Gasteiger charge is -2.38. The third-order valence-electron chi connectivity index (χ3n) is 5.83. The topological polar surface area (TPSA) is 98.4 Å². The largest absolute Gasteiger partial charge is 0.481 e. The number of aromatic nitrogens is 5. The maximum absolute atomic E-state index is 12.9. The third kappa shape index (κ3) is 3.08. The summed E-state index contributed by atoms with van der Waals surface area (Å²) in [4.78, 5) is 28.2. The standard InChI is InChI=1S/C20H23N7O3/c1-24-20(30-2)16-6-5-13(8-17(16)22-24)19(29)26-11-15(12-26)27-10-14(21-23-27)9-25-7-3-4-18(25)28/h5-6,8,10,15H,3-4,7,9,11-12H2,1-2H3. The summed E-state index contributed by atoms with van der Waals surface area (Å²) in [5.74, 6) is 0.818. The van der Waals surface area contributed by atoms with Crippen molar-refractivity contribution < 1.29 is 14.3 Å². The van der Waals surface area contributed by atoms with Gasteiger partial charge in [0.2, 0.25) is 11.8 Å². The Morgan fingerprint density at radius 2 is 2.13 bits per heavy atom. The fourth-order valence-electron chi connectivity index (χ4n) is 4.15. The fraction of sp³-hybridized carbons (Fsp3) is 0.450. The number of hydrogen-bond donors (Lipinski definition) is 0. The van der Waals surface area contributed by atoms with Gasteiger partial charge in [-0.05, 0) is 24.6 Å². The lowest BCUT2D eigenvalue weighted by Crippen LogP contribution is -2.50. The molecule has 0 atom stereocenters. The van der Waals surface area contributed by atoms with Gasteiger partial charge in [-0.15, -0.1) is 5.10 Å². The minimum Gasteiger partial charge on any atom is -0.481 e. The van der Waals surface area contributed by atoms with Crippen LogP contribution in [0.25, 0.3) is 10.9 Å². The number of likely N-dealkylation sites (tertiary alicyclic amines) is 2. The molecule has 4 heterocycles. The molecule has 0 bridgehead atoms. The van der Waals surface area contributed by atoms with E-state index in [2.05, 4.69) is 15.4 Å². The molecule has 5 rings (SSSR count). The van der Waals surface area contributed by atoms with Crippen LogP contribution in [0.1, 0.15) is 34.9 Å². The van der Waals surface area contributed by atoms with E-state index in [1.165, 1.54) is 0 Å². The Morgan fingerprint density at radius 1 is 1.30 bits per heavy atom. The first-order valence-electron chi connectivity index (χ1n) is 10.0. The Balaban J connectivity index is 1.23. The van der Waals surface area contributed by atoms with E-state index in [0.717, 1.165) is 29.6 Å².